The van der Waals surface area contributed by atoms with Gasteiger partial charge in [0, 0.05) is 71.8 Å². The Morgan fingerprint density at radius 1 is 0.558 bits per heavy atom. The van der Waals surface area contributed by atoms with E-state index >= 15 is 0 Å². The molecule has 0 aromatic heterocycles. The van der Waals surface area contributed by atoms with Crippen molar-refractivity contribution in [1.82, 2.24) is 19.6 Å². The smallest absolute Gasteiger partial charge is 0.369 e. The molecule has 3 amide bonds. The first-order valence-corrected chi connectivity index (χ1v) is 25.9. The quantitative estimate of drug-likeness (QED) is 0.0817. The predicted octanol–water partition coefficient (Wildman–Crippen LogP) is 11.9. The Labute approximate surface area is 448 Å². The van der Waals surface area contributed by atoms with E-state index in [-0.39, 0.29) is 24.3 Å². The fourth-order valence-corrected chi connectivity index (χ4v) is 10.8. The van der Waals surface area contributed by atoms with Crippen molar-refractivity contribution in [2.45, 2.75) is 87.8 Å². The highest BCUT2D eigenvalue weighted by Crippen LogP contribution is 2.41. The molecule has 77 heavy (non-hydrogen) atoms. The number of piperidine rings is 2. The number of nitrogens with zero attached hydrogens (tertiary/aromatic N) is 5. The second-order valence-electron chi connectivity index (χ2n) is 20.4. The number of carbonyl (C=O) groups excluding carboxylic acids is 3. The van der Waals surface area contributed by atoms with Gasteiger partial charge < -0.3 is 20.4 Å². The Bertz CT molecular complexity index is 2970. The number of likely N-dealkylation sites (tertiary alicyclic amines) is 2. The average molecular weight is 1060 g/mol. The number of hydrogen-bond donors (Lipinski definition) is 1. The van der Waals surface area contributed by atoms with E-state index in [0.29, 0.717) is 93.5 Å². The minimum absolute atomic E-state index is 0.102. The van der Waals surface area contributed by atoms with Crippen LogP contribution in [0.2, 0.25) is 0 Å². The number of nitrogens with two attached hydrogens (primary N) is 1. The van der Waals surface area contributed by atoms with E-state index < -0.39 is 46.5 Å². The SMILES string of the molecule is Cc1cc(CCN(C)C(=O)C(c2ccccc2)N2CCC(C(N)=O)(c3ccccc3)CC2)cc(C(F)(F)F)c1.[C-]#[N+]C1(c2ccccc2)CCN(C(C(=O)N(C)CCc2cc(C)cc(C(F)(F)F)c2)c2ccccc2)CC1. The third kappa shape index (κ3) is 14.0. The summed E-state index contributed by atoms with van der Waals surface area (Å²) >= 11 is 0. The number of likely N-dealkylation sites (N-methyl/N-ethyl adjacent to an activating group) is 2. The molecule has 6 aromatic rings. The molecule has 8 rings (SSSR count). The zero-order valence-corrected chi connectivity index (χ0v) is 44.0. The van der Waals surface area contributed by atoms with E-state index in [1.165, 1.54) is 0 Å². The maximum atomic E-state index is 13.8. The van der Waals surface area contributed by atoms with Crippen LogP contribution in [0.5, 0.6) is 0 Å². The van der Waals surface area contributed by atoms with Crippen molar-refractivity contribution in [3.05, 3.63) is 225 Å². The molecule has 2 fully saturated rings. The molecular weight excluding hydrogens is 991 g/mol. The van der Waals surface area contributed by atoms with Crippen molar-refractivity contribution < 1.29 is 40.7 Å². The molecule has 6 aromatic carbocycles. The number of hydrogen-bond acceptors (Lipinski definition) is 5. The summed E-state index contributed by atoms with van der Waals surface area (Å²) < 4.78 is 79.7. The largest absolute Gasteiger partial charge is 0.416 e. The van der Waals surface area contributed by atoms with Crippen LogP contribution in [0.3, 0.4) is 0 Å². The number of aryl methyl sites for hydroxylation is 2. The maximum absolute atomic E-state index is 13.8. The third-order valence-corrected chi connectivity index (χ3v) is 15.2. The van der Waals surface area contributed by atoms with Crippen molar-refractivity contribution >= 4 is 17.7 Å². The van der Waals surface area contributed by atoms with Crippen molar-refractivity contribution in [3.8, 4) is 0 Å². The van der Waals surface area contributed by atoms with Crippen LogP contribution in [0, 0.1) is 20.4 Å². The van der Waals surface area contributed by atoms with Crippen LogP contribution in [-0.2, 0) is 50.5 Å². The van der Waals surface area contributed by atoms with Crippen LogP contribution in [0.4, 0.5) is 26.3 Å². The summed E-state index contributed by atoms with van der Waals surface area (Å²) in [6.45, 7) is 13.9. The highest BCUT2D eigenvalue weighted by molar-refractivity contribution is 5.87. The molecule has 0 bridgehead atoms. The van der Waals surface area contributed by atoms with Gasteiger partial charge in [-0.2, -0.15) is 26.3 Å². The number of alkyl halides is 6. The molecule has 0 spiro atoms. The second kappa shape index (κ2) is 24.8. The van der Waals surface area contributed by atoms with E-state index in [0.717, 1.165) is 46.5 Å². The van der Waals surface area contributed by atoms with Gasteiger partial charge in [-0.05, 0) is 91.6 Å². The van der Waals surface area contributed by atoms with Crippen LogP contribution >= 0.6 is 0 Å². The minimum Gasteiger partial charge on any atom is -0.369 e. The van der Waals surface area contributed by atoms with Crippen LogP contribution < -0.4 is 5.73 Å². The molecule has 0 saturated carbocycles. The zero-order valence-electron chi connectivity index (χ0n) is 44.0. The summed E-state index contributed by atoms with van der Waals surface area (Å²) in [6, 6.07) is 45.3. The Morgan fingerprint density at radius 3 is 1.26 bits per heavy atom. The summed E-state index contributed by atoms with van der Waals surface area (Å²) in [6.07, 6.45) is -6.01. The molecule has 2 aliphatic rings. The van der Waals surface area contributed by atoms with Crippen molar-refractivity contribution in [2.24, 2.45) is 5.73 Å². The van der Waals surface area contributed by atoms with Crippen molar-refractivity contribution in [1.29, 1.82) is 0 Å². The molecule has 2 heterocycles. The summed E-state index contributed by atoms with van der Waals surface area (Å²) in [5.41, 5.74) is 8.91. The standard InChI is InChI=1S/C31H34F3N3O2.C31H32F3N3O/c1-22-19-23(21-26(20-22)31(32,33)34)13-16-36(2)28(38)27(24-9-5-3-6-10-24)37-17-14-30(15-18-37,29(35)39)25-11-7-4-8-12-25;1-23-20-24(22-27(21-23)31(32,33)34)14-17-36(3)29(38)28(25-10-6-4-7-11-25)37-18-15-30(35-2,16-19-37)26-12-8-5-9-13-26/h3-12,19-21,27H,13-18H2,1-2H3,(H2,35,39);4-13,20-22,28H,14-19H2,1,3H3. The fraction of sp³-hybridized carbons (Fsp3) is 0.355. The Morgan fingerprint density at radius 2 is 0.909 bits per heavy atom. The van der Waals surface area contributed by atoms with Gasteiger partial charge >= 0.3 is 12.4 Å². The average Bonchev–Trinajstić information content (AvgIpc) is 3.42. The molecular formula is C62H66F6N6O3. The summed E-state index contributed by atoms with van der Waals surface area (Å²) in [5, 5.41) is 0. The summed E-state index contributed by atoms with van der Waals surface area (Å²) in [4.78, 5) is 51.7. The highest BCUT2D eigenvalue weighted by atomic mass is 19.4. The number of rotatable bonds is 15. The van der Waals surface area contributed by atoms with Crippen LogP contribution in [0.15, 0.2) is 158 Å². The van der Waals surface area contributed by atoms with Crippen molar-refractivity contribution in [2.75, 3.05) is 53.4 Å². The first-order valence-electron chi connectivity index (χ1n) is 25.9. The first-order chi connectivity index (χ1) is 36.6. The molecule has 9 nitrogen and oxygen atoms in total. The highest BCUT2D eigenvalue weighted by Gasteiger charge is 2.46. The van der Waals surface area contributed by atoms with Crippen molar-refractivity contribution in [3.63, 3.8) is 0 Å². The van der Waals surface area contributed by atoms with E-state index in [4.69, 9.17) is 12.3 Å². The van der Waals surface area contributed by atoms with Crippen LogP contribution in [0.1, 0.15) is 93.4 Å². The second-order valence-corrected chi connectivity index (χ2v) is 20.4. The third-order valence-electron chi connectivity index (χ3n) is 15.2. The molecule has 0 radical (unpaired) electrons. The van der Waals surface area contributed by atoms with E-state index in [1.54, 1.807) is 49.9 Å². The number of carbonyl (C=O) groups is 3. The zero-order chi connectivity index (χ0) is 55.5. The lowest BCUT2D eigenvalue weighted by molar-refractivity contribution is -0.138. The number of primary amides is 1. The minimum atomic E-state index is -4.42. The number of halogens is 6. The Balaban J connectivity index is 0.000000224. The van der Waals surface area contributed by atoms with Gasteiger partial charge in [0.2, 0.25) is 17.7 Å². The van der Waals surface area contributed by atoms with Gasteiger partial charge in [-0.1, -0.05) is 145 Å². The monoisotopic (exact) mass is 1060 g/mol. The molecule has 0 aliphatic carbocycles. The first kappa shape index (κ1) is 57.4. The van der Waals surface area contributed by atoms with Gasteiger partial charge in [0.25, 0.3) is 5.54 Å². The lowest BCUT2D eigenvalue weighted by Crippen LogP contribution is -2.53. The van der Waals surface area contributed by atoms with E-state index in [9.17, 15) is 40.7 Å². The molecule has 404 valence electrons. The van der Waals surface area contributed by atoms with Gasteiger partial charge in [0.1, 0.15) is 12.1 Å². The van der Waals surface area contributed by atoms with Crippen LogP contribution in [-0.4, -0.2) is 90.7 Å². The normalized spacial score (nSPS) is 16.4. The summed E-state index contributed by atoms with van der Waals surface area (Å²) in [5.74, 6) is -0.615. The van der Waals surface area contributed by atoms with Gasteiger partial charge in [-0.25, -0.2) is 6.57 Å². The fourth-order valence-electron chi connectivity index (χ4n) is 10.8. The number of benzene rings is 6. The lowest BCUT2D eigenvalue weighted by Gasteiger charge is -2.43. The number of amides is 3. The van der Waals surface area contributed by atoms with Gasteiger partial charge in [0.05, 0.1) is 16.5 Å². The van der Waals surface area contributed by atoms with E-state index in [1.807, 2.05) is 121 Å². The Kier molecular flexibility index (Phi) is 18.5. The van der Waals surface area contributed by atoms with Gasteiger partial charge in [0.15, 0.2) is 0 Å². The van der Waals surface area contributed by atoms with Crippen LogP contribution in [0.25, 0.3) is 4.85 Å². The topological polar surface area (TPSA) is 94.5 Å². The van der Waals surface area contributed by atoms with Gasteiger partial charge in [-0.15, -0.1) is 0 Å². The molecule has 2 saturated heterocycles. The maximum Gasteiger partial charge on any atom is 0.416 e. The van der Waals surface area contributed by atoms with E-state index in [2.05, 4.69) is 14.6 Å². The summed E-state index contributed by atoms with van der Waals surface area (Å²) in [7, 11) is 3.39. The lowest BCUT2D eigenvalue weighted by atomic mass is 9.72. The molecule has 2 unspecified atom stereocenters. The molecule has 2 aliphatic heterocycles. The Hall–Kier alpha value is -7.28. The molecule has 2 N–H and O–H groups in total. The predicted molar refractivity (Wildman–Crippen MR) is 287 cm³/mol. The molecule has 15 heteroatoms. The molecule has 2 atom stereocenters. The van der Waals surface area contributed by atoms with Gasteiger partial charge in [-0.3, -0.25) is 24.2 Å².